The largest absolute Gasteiger partial charge is 0.469 e. The minimum Gasteiger partial charge on any atom is -0.469 e. The molecule has 4 rings (SSSR count). The van der Waals surface area contributed by atoms with Gasteiger partial charge in [0.05, 0.1) is 6.26 Å². The van der Waals surface area contributed by atoms with Crippen LogP contribution in [0.25, 0.3) is 0 Å². The number of nitrogens with one attached hydrogen (secondary N) is 2. The minimum absolute atomic E-state index is 0.627. The molecule has 0 spiro atoms. The Kier molecular flexibility index (Phi) is 4.77. The van der Waals surface area contributed by atoms with Gasteiger partial charge in [0.25, 0.3) is 0 Å². The highest BCUT2D eigenvalue weighted by Gasteiger charge is 2.18. The fourth-order valence-electron chi connectivity index (χ4n) is 4.15. The third-order valence-corrected chi connectivity index (χ3v) is 5.50. The summed E-state index contributed by atoms with van der Waals surface area (Å²) in [7, 11) is 0. The van der Waals surface area contributed by atoms with Gasteiger partial charge in [-0.2, -0.15) is 0 Å². The summed E-state index contributed by atoms with van der Waals surface area (Å²) in [6.45, 7) is 0. The summed E-state index contributed by atoms with van der Waals surface area (Å²) in [5.41, 5.74) is 3.86. The summed E-state index contributed by atoms with van der Waals surface area (Å²) in [6, 6.07) is 12.1. The zero-order valence-electron chi connectivity index (χ0n) is 14.4. The molecule has 0 amide bonds. The Morgan fingerprint density at radius 1 is 0.875 bits per heavy atom. The molecule has 2 N–H and O–H groups in total. The first kappa shape index (κ1) is 15.6. The molecular formula is C21H28N2O. The Morgan fingerprint density at radius 3 is 2.25 bits per heavy atom. The van der Waals surface area contributed by atoms with E-state index in [-0.39, 0.29) is 0 Å². The number of rotatable bonds is 6. The van der Waals surface area contributed by atoms with Crippen LogP contribution in [0.3, 0.4) is 0 Å². The van der Waals surface area contributed by atoms with Gasteiger partial charge >= 0.3 is 0 Å². The number of hydrogen-bond donors (Lipinski definition) is 2. The van der Waals surface area contributed by atoms with Crippen LogP contribution >= 0.6 is 0 Å². The van der Waals surface area contributed by atoms with E-state index < -0.39 is 0 Å². The lowest BCUT2D eigenvalue weighted by Gasteiger charge is -2.20. The highest BCUT2D eigenvalue weighted by Crippen LogP contribution is 2.30. The summed E-state index contributed by atoms with van der Waals surface area (Å²) in [4.78, 5) is 0. The second kappa shape index (κ2) is 7.33. The van der Waals surface area contributed by atoms with E-state index in [1.807, 2.05) is 6.07 Å². The molecule has 24 heavy (non-hydrogen) atoms. The standard InChI is InChI=1S/C21H28N2O/c1-2-7-17(6-1)22-19-12-11-16(14-20-10-5-13-24-20)21(15-19)23-18-8-3-4-9-18/h5,10-13,15,17-18,22-23H,1-4,6-9,14H2. The Morgan fingerprint density at radius 2 is 1.58 bits per heavy atom. The van der Waals surface area contributed by atoms with Crippen LogP contribution in [0.4, 0.5) is 11.4 Å². The van der Waals surface area contributed by atoms with E-state index in [0.717, 1.165) is 12.2 Å². The highest BCUT2D eigenvalue weighted by molar-refractivity contribution is 5.63. The molecule has 1 aromatic heterocycles. The van der Waals surface area contributed by atoms with Gasteiger partial charge in [0.2, 0.25) is 0 Å². The van der Waals surface area contributed by atoms with E-state index in [0.29, 0.717) is 12.1 Å². The minimum atomic E-state index is 0.627. The monoisotopic (exact) mass is 324 g/mol. The maximum Gasteiger partial charge on any atom is 0.108 e. The van der Waals surface area contributed by atoms with Crippen molar-refractivity contribution < 1.29 is 4.42 Å². The second-order valence-corrected chi connectivity index (χ2v) is 7.38. The molecule has 3 heteroatoms. The van der Waals surface area contributed by atoms with Gasteiger partial charge < -0.3 is 15.1 Å². The number of benzene rings is 1. The van der Waals surface area contributed by atoms with Crippen molar-refractivity contribution in [2.24, 2.45) is 0 Å². The normalized spacial score (nSPS) is 19.0. The molecule has 0 saturated heterocycles. The Bertz CT molecular complexity index is 638. The van der Waals surface area contributed by atoms with Crippen LogP contribution in [0.1, 0.15) is 62.7 Å². The van der Waals surface area contributed by atoms with Gasteiger partial charge in [-0.1, -0.05) is 31.7 Å². The van der Waals surface area contributed by atoms with Crippen molar-refractivity contribution in [1.82, 2.24) is 0 Å². The molecule has 0 radical (unpaired) electrons. The predicted molar refractivity (Wildman–Crippen MR) is 99.7 cm³/mol. The maximum absolute atomic E-state index is 5.56. The van der Waals surface area contributed by atoms with E-state index in [1.165, 1.54) is 68.3 Å². The lowest BCUT2D eigenvalue weighted by molar-refractivity contribution is 0.521. The molecule has 0 bridgehead atoms. The zero-order chi connectivity index (χ0) is 16.2. The van der Waals surface area contributed by atoms with Crippen molar-refractivity contribution in [3.05, 3.63) is 47.9 Å². The van der Waals surface area contributed by atoms with Crippen LogP contribution < -0.4 is 10.6 Å². The predicted octanol–water partition coefficient (Wildman–Crippen LogP) is 5.58. The number of anilines is 2. The van der Waals surface area contributed by atoms with E-state index in [4.69, 9.17) is 4.42 Å². The van der Waals surface area contributed by atoms with Gasteiger partial charge in [-0.05, 0) is 55.5 Å². The molecule has 2 fully saturated rings. The van der Waals surface area contributed by atoms with E-state index >= 15 is 0 Å². The average molecular weight is 324 g/mol. The Hall–Kier alpha value is -1.90. The van der Waals surface area contributed by atoms with E-state index in [9.17, 15) is 0 Å². The Balaban J connectivity index is 1.54. The highest BCUT2D eigenvalue weighted by atomic mass is 16.3. The molecule has 2 aliphatic rings. The quantitative estimate of drug-likeness (QED) is 0.728. The van der Waals surface area contributed by atoms with Crippen LogP contribution in [0.15, 0.2) is 41.0 Å². The lowest BCUT2D eigenvalue weighted by atomic mass is 10.1. The molecule has 0 unspecified atom stereocenters. The van der Waals surface area contributed by atoms with Crippen molar-refractivity contribution in [1.29, 1.82) is 0 Å². The molecule has 2 aliphatic carbocycles. The molecule has 128 valence electrons. The van der Waals surface area contributed by atoms with Gasteiger partial charge in [0.15, 0.2) is 0 Å². The van der Waals surface area contributed by atoms with Crippen molar-refractivity contribution in [2.45, 2.75) is 69.9 Å². The molecule has 2 aromatic rings. The first-order valence-corrected chi connectivity index (χ1v) is 9.55. The first-order chi connectivity index (χ1) is 11.9. The average Bonchev–Trinajstić information content (AvgIpc) is 3.33. The lowest BCUT2D eigenvalue weighted by Crippen LogP contribution is -2.17. The van der Waals surface area contributed by atoms with Crippen molar-refractivity contribution >= 4 is 11.4 Å². The van der Waals surface area contributed by atoms with Crippen molar-refractivity contribution in [3.63, 3.8) is 0 Å². The molecule has 3 nitrogen and oxygen atoms in total. The molecule has 0 atom stereocenters. The van der Waals surface area contributed by atoms with Crippen LogP contribution in [-0.2, 0) is 6.42 Å². The van der Waals surface area contributed by atoms with Gasteiger partial charge in [0, 0.05) is 29.9 Å². The Labute approximate surface area is 144 Å². The second-order valence-electron chi connectivity index (χ2n) is 7.38. The van der Waals surface area contributed by atoms with Crippen molar-refractivity contribution in [3.8, 4) is 0 Å². The van der Waals surface area contributed by atoms with E-state index in [1.54, 1.807) is 6.26 Å². The third kappa shape index (κ3) is 3.77. The van der Waals surface area contributed by atoms with Gasteiger partial charge in [-0.25, -0.2) is 0 Å². The summed E-state index contributed by atoms with van der Waals surface area (Å²) in [5.74, 6) is 1.03. The number of hydrogen-bond acceptors (Lipinski definition) is 3. The maximum atomic E-state index is 5.56. The number of furan rings is 1. The molecule has 1 heterocycles. The molecular weight excluding hydrogens is 296 g/mol. The van der Waals surface area contributed by atoms with Crippen LogP contribution in [0, 0.1) is 0 Å². The fraction of sp³-hybridized carbons (Fsp3) is 0.524. The van der Waals surface area contributed by atoms with Gasteiger partial charge in [0.1, 0.15) is 5.76 Å². The van der Waals surface area contributed by atoms with Crippen LogP contribution in [0.2, 0.25) is 0 Å². The smallest absolute Gasteiger partial charge is 0.108 e. The molecule has 0 aliphatic heterocycles. The topological polar surface area (TPSA) is 37.2 Å². The van der Waals surface area contributed by atoms with E-state index in [2.05, 4.69) is 34.9 Å². The summed E-state index contributed by atoms with van der Waals surface area (Å²) >= 11 is 0. The molecule has 1 aromatic carbocycles. The SMILES string of the molecule is c1coc(Cc2ccc(NC3CCCC3)cc2NC2CCCC2)c1. The molecule has 2 saturated carbocycles. The van der Waals surface area contributed by atoms with Gasteiger partial charge in [-0.3, -0.25) is 0 Å². The van der Waals surface area contributed by atoms with Crippen LogP contribution in [-0.4, -0.2) is 12.1 Å². The first-order valence-electron chi connectivity index (χ1n) is 9.55. The summed E-state index contributed by atoms with van der Waals surface area (Å²) in [6.07, 6.45) is 13.2. The van der Waals surface area contributed by atoms with Gasteiger partial charge in [-0.15, -0.1) is 0 Å². The van der Waals surface area contributed by atoms with Crippen LogP contribution in [0.5, 0.6) is 0 Å². The summed E-state index contributed by atoms with van der Waals surface area (Å²) < 4.78 is 5.56. The summed E-state index contributed by atoms with van der Waals surface area (Å²) in [5, 5.41) is 7.53. The van der Waals surface area contributed by atoms with Crippen molar-refractivity contribution in [2.75, 3.05) is 10.6 Å². The third-order valence-electron chi connectivity index (χ3n) is 5.50. The fourth-order valence-corrected chi connectivity index (χ4v) is 4.15. The zero-order valence-corrected chi connectivity index (χ0v) is 14.4.